The van der Waals surface area contributed by atoms with Gasteiger partial charge in [0.1, 0.15) is 11.6 Å². The number of halogens is 1. The Kier molecular flexibility index (Phi) is 3.15. The highest BCUT2D eigenvalue weighted by atomic mass is 19.1. The zero-order valence-electron chi connectivity index (χ0n) is 8.98. The van der Waals surface area contributed by atoms with E-state index in [0.29, 0.717) is 11.6 Å². The van der Waals surface area contributed by atoms with Gasteiger partial charge in [0.15, 0.2) is 0 Å². The monoisotopic (exact) mass is 217 g/mol. The molecule has 82 valence electrons. The first kappa shape index (κ1) is 10.6. The summed E-state index contributed by atoms with van der Waals surface area (Å²) in [5, 5.41) is 0. The topological polar surface area (TPSA) is 22.1 Å². The lowest BCUT2D eigenvalue weighted by Crippen LogP contribution is -1.88. The number of aryl methyl sites for hydroxylation is 1. The Hall–Kier alpha value is -1.90. The Labute approximate surface area is 93.7 Å². The zero-order valence-corrected chi connectivity index (χ0v) is 8.98. The SMILES string of the molecule is CCc1ccc(Oc2ccc(F)cn2)cc1. The molecule has 0 amide bonds. The molecule has 16 heavy (non-hydrogen) atoms. The summed E-state index contributed by atoms with van der Waals surface area (Å²) in [6.07, 6.45) is 2.13. The van der Waals surface area contributed by atoms with Gasteiger partial charge in [0.25, 0.3) is 0 Å². The molecule has 0 N–H and O–H groups in total. The minimum absolute atomic E-state index is 0.367. The van der Waals surface area contributed by atoms with Gasteiger partial charge in [-0.1, -0.05) is 19.1 Å². The first-order valence-corrected chi connectivity index (χ1v) is 5.16. The maximum atomic E-state index is 12.6. The second-order valence-electron chi connectivity index (χ2n) is 3.41. The first-order valence-electron chi connectivity index (χ1n) is 5.16. The zero-order chi connectivity index (χ0) is 11.4. The summed E-state index contributed by atoms with van der Waals surface area (Å²) in [5.41, 5.74) is 1.25. The molecule has 0 unspecified atom stereocenters. The lowest BCUT2D eigenvalue weighted by molar-refractivity contribution is 0.459. The third kappa shape index (κ3) is 2.57. The van der Waals surface area contributed by atoms with Crippen molar-refractivity contribution in [2.45, 2.75) is 13.3 Å². The summed E-state index contributed by atoms with van der Waals surface area (Å²) < 4.78 is 18.1. The van der Waals surface area contributed by atoms with E-state index in [0.717, 1.165) is 12.6 Å². The fourth-order valence-corrected chi connectivity index (χ4v) is 1.34. The van der Waals surface area contributed by atoms with Crippen LogP contribution in [0.1, 0.15) is 12.5 Å². The minimum atomic E-state index is -0.367. The molecule has 0 aliphatic carbocycles. The molecule has 0 aliphatic heterocycles. The van der Waals surface area contributed by atoms with Crippen molar-refractivity contribution < 1.29 is 9.13 Å². The van der Waals surface area contributed by atoms with Crippen LogP contribution in [-0.4, -0.2) is 4.98 Å². The fourth-order valence-electron chi connectivity index (χ4n) is 1.34. The maximum Gasteiger partial charge on any atom is 0.219 e. The molecular weight excluding hydrogens is 205 g/mol. The second-order valence-corrected chi connectivity index (χ2v) is 3.41. The van der Waals surface area contributed by atoms with Gasteiger partial charge in [-0.25, -0.2) is 9.37 Å². The molecule has 0 spiro atoms. The predicted molar refractivity (Wildman–Crippen MR) is 60.1 cm³/mol. The standard InChI is InChI=1S/C13H12FNO/c1-2-10-3-6-12(7-4-10)16-13-8-5-11(14)9-15-13/h3-9H,2H2,1H3. The van der Waals surface area contributed by atoms with Gasteiger partial charge in [-0.15, -0.1) is 0 Å². The van der Waals surface area contributed by atoms with Gasteiger partial charge in [0.2, 0.25) is 5.88 Å². The second kappa shape index (κ2) is 4.75. The number of ether oxygens (including phenoxy) is 1. The average Bonchev–Trinajstić information content (AvgIpc) is 2.33. The van der Waals surface area contributed by atoms with E-state index in [1.165, 1.54) is 17.7 Å². The molecule has 1 heterocycles. The van der Waals surface area contributed by atoms with Crippen molar-refractivity contribution in [1.82, 2.24) is 4.98 Å². The summed E-state index contributed by atoms with van der Waals surface area (Å²) in [5.74, 6) is 0.732. The van der Waals surface area contributed by atoms with Crippen molar-refractivity contribution in [3.63, 3.8) is 0 Å². The molecule has 0 radical (unpaired) electrons. The summed E-state index contributed by atoms with van der Waals surface area (Å²) in [6, 6.07) is 10.6. The van der Waals surface area contributed by atoms with Crippen molar-refractivity contribution >= 4 is 0 Å². The molecule has 2 rings (SSSR count). The quantitative estimate of drug-likeness (QED) is 0.784. The van der Waals surface area contributed by atoms with Crippen LogP contribution in [-0.2, 0) is 6.42 Å². The number of rotatable bonds is 3. The molecule has 0 aliphatic rings. The maximum absolute atomic E-state index is 12.6. The number of hydrogen-bond acceptors (Lipinski definition) is 2. The summed E-state index contributed by atoms with van der Waals surface area (Å²) in [4.78, 5) is 3.82. The fraction of sp³-hybridized carbons (Fsp3) is 0.154. The molecule has 0 bridgehead atoms. The molecule has 2 nitrogen and oxygen atoms in total. The van der Waals surface area contributed by atoms with Crippen molar-refractivity contribution in [3.05, 3.63) is 54.0 Å². The lowest BCUT2D eigenvalue weighted by atomic mass is 10.2. The highest BCUT2D eigenvalue weighted by Gasteiger charge is 1.98. The number of hydrogen-bond donors (Lipinski definition) is 0. The van der Waals surface area contributed by atoms with Crippen LogP contribution in [0.15, 0.2) is 42.6 Å². The number of nitrogens with zero attached hydrogens (tertiary/aromatic N) is 1. The third-order valence-corrected chi connectivity index (χ3v) is 2.25. The summed E-state index contributed by atoms with van der Waals surface area (Å²) in [6.45, 7) is 2.09. The van der Waals surface area contributed by atoms with Crippen molar-refractivity contribution in [2.75, 3.05) is 0 Å². The van der Waals surface area contributed by atoms with Gasteiger partial charge >= 0.3 is 0 Å². The Bertz CT molecular complexity index is 450. The average molecular weight is 217 g/mol. The van der Waals surface area contributed by atoms with Crippen molar-refractivity contribution in [2.24, 2.45) is 0 Å². The molecule has 1 aromatic carbocycles. The summed E-state index contributed by atoms with van der Waals surface area (Å²) >= 11 is 0. The van der Waals surface area contributed by atoms with E-state index >= 15 is 0 Å². The highest BCUT2D eigenvalue weighted by molar-refractivity contribution is 5.30. The lowest BCUT2D eigenvalue weighted by Gasteiger charge is -2.04. The van der Waals surface area contributed by atoms with E-state index in [4.69, 9.17) is 4.74 Å². The van der Waals surface area contributed by atoms with Crippen LogP contribution in [0.3, 0.4) is 0 Å². The van der Waals surface area contributed by atoms with Gasteiger partial charge in [-0.3, -0.25) is 0 Å². The first-order chi connectivity index (χ1) is 7.78. The predicted octanol–water partition coefficient (Wildman–Crippen LogP) is 3.58. The van der Waals surface area contributed by atoms with Crippen LogP contribution in [0, 0.1) is 5.82 Å². The molecule has 0 fully saturated rings. The van der Waals surface area contributed by atoms with Crippen LogP contribution in [0.25, 0.3) is 0 Å². The van der Waals surface area contributed by atoms with E-state index in [-0.39, 0.29) is 5.82 Å². The van der Waals surface area contributed by atoms with E-state index in [2.05, 4.69) is 11.9 Å². The van der Waals surface area contributed by atoms with Crippen molar-refractivity contribution in [3.8, 4) is 11.6 Å². The Morgan fingerprint density at radius 3 is 2.44 bits per heavy atom. The van der Waals surface area contributed by atoms with Gasteiger partial charge in [0.05, 0.1) is 6.20 Å². The van der Waals surface area contributed by atoms with Crippen LogP contribution in [0.4, 0.5) is 4.39 Å². The Morgan fingerprint density at radius 2 is 1.88 bits per heavy atom. The molecule has 0 saturated heterocycles. The number of pyridine rings is 1. The van der Waals surface area contributed by atoms with E-state index in [9.17, 15) is 4.39 Å². The molecule has 1 aromatic heterocycles. The van der Waals surface area contributed by atoms with Crippen LogP contribution in [0.5, 0.6) is 11.6 Å². The minimum Gasteiger partial charge on any atom is -0.439 e. The molecule has 2 aromatic rings. The van der Waals surface area contributed by atoms with Crippen LogP contribution >= 0.6 is 0 Å². The largest absolute Gasteiger partial charge is 0.439 e. The molecule has 3 heteroatoms. The van der Waals surface area contributed by atoms with Gasteiger partial charge < -0.3 is 4.74 Å². The molecule has 0 saturated carbocycles. The van der Waals surface area contributed by atoms with Crippen LogP contribution < -0.4 is 4.74 Å². The normalized spacial score (nSPS) is 10.1. The Morgan fingerprint density at radius 1 is 1.12 bits per heavy atom. The van der Waals surface area contributed by atoms with Crippen LogP contribution in [0.2, 0.25) is 0 Å². The third-order valence-electron chi connectivity index (χ3n) is 2.25. The molecule has 0 atom stereocenters. The van der Waals surface area contributed by atoms with Gasteiger partial charge in [-0.2, -0.15) is 0 Å². The smallest absolute Gasteiger partial charge is 0.219 e. The number of aromatic nitrogens is 1. The molecular formula is C13H12FNO. The van der Waals surface area contributed by atoms with Gasteiger partial charge in [0, 0.05) is 6.07 Å². The Balaban J connectivity index is 2.11. The number of benzene rings is 1. The van der Waals surface area contributed by atoms with E-state index in [1.54, 1.807) is 0 Å². The van der Waals surface area contributed by atoms with E-state index < -0.39 is 0 Å². The van der Waals surface area contributed by atoms with Gasteiger partial charge in [-0.05, 0) is 30.2 Å². The van der Waals surface area contributed by atoms with Crippen molar-refractivity contribution in [1.29, 1.82) is 0 Å². The summed E-state index contributed by atoms with van der Waals surface area (Å²) in [7, 11) is 0. The highest BCUT2D eigenvalue weighted by Crippen LogP contribution is 2.19. The van der Waals surface area contributed by atoms with E-state index in [1.807, 2.05) is 24.3 Å².